The highest BCUT2D eigenvalue weighted by Gasteiger charge is 2.27. The molecule has 0 radical (unpaired) electrons. The first-order valence-electron chi connectivity index (χ1n) is 6.23. The Bertz CT molecular complexity index is 509. The SMILES string of the molecule is NC(CS(=O)(=O)c1cccc(F)c1)C1CCCC1. The molecule has 1 aromatic rings. The van der Waals surface area contributed by atoms with Crippen molar-refractivity contribution >= 4 is 9.84 Å². The van der Waals surface area contributed by atoms with Crippen molar-refractivity contribution in [3.63, 3.8) is 0 Å². The molecule has 1 atom stereocenters. The summed E-state index contributed by atoms with van der Waals surface area (Å²) in [5.41, 5.74) is 5.97. The van der Waals surface area contributed by atoms with Crippen LogP contribution < -0.4 is 5.73 Å². The van der Waals surface area contributed by atoms with Gasteiger partial charge in [0.25, 0.3) is 0 Å². The first-order chi connectivity index (χ1) is 8.49. The Morgan fingerprint density at radius 2 is 2.00 bits per heavy atom. The van der Waals surface area contributed by atoms with Gasteiger partial charge in [-0.2, -0.15) is 0 Å². The van der Waals surface area contributed by atoms with Crippen LogP contribution in [0.1, 0.15) is 25.7 Å². The van der Waals surface area contributed by atoms with Crippen LogP contribution in [-0.4, -0.2) is 20.2 Å². The summed E-state index contributed by atoms with van der Waals surface area (Å²) in [4.78, 5) is 0.0240. The lowest BCUT2D eigenvalue weighted by molar-refractivity contribution is 0.454. The maximum atomic E-state index is 13.0. The highest BCUT2D eigenvalue weighted by Crippen LogP contribution is 2.28. The summed E-state index contributed by atoms with van der Waals surface area (Å²) in [5, 5.41) is 0. The predicted octanol–water partition coefficient (Wildman–Crippen LogP) is 2.12. The van der Waals surface area contributed by atoms with E-state index in [0.717, 1.165) is 31.7 Å². The zero-order chi connectivity index (χ0) is 13.2. The van der Waals surface area contributed by atoms with Gasteiger partial charge in [-0.1, -0.05) is 18.9 Å². The van der Waals surface area contributed by atoms with E-state index in [1.165, 1.54) is 18.2 Å². The number of benzene rings is 1. The maximum Gasteiger partial charge on any atom is 0.180 e. The van der Waals surface area contributed by atoms with Crippen LogP contribution in [0.2, 0.25) is 0 Å². The molecule has 0 bridgehead atoms. The quantitative estimate of drug-likeness (QED) is 0.912. The van der Waals surface area contributed by atoms with Crippen LogP contribution in [0.15, 0.2) is 29.2 Å². The topological polar surface area (TPSA) is 60.2 Å². The van der Waals surface area contributed by atoms with Gasteiger partial charge in [-0.05, 0) is 37.0 Å². The molecule has 0 heterocycles. The third-order valence-electron chi connectivity index (χ3n) is 3.57. The lowest BCUT2D eigenvalue weighted by atomic mass is 10.0. The average molecular weight is 271 g/mol. The third-order valence-corrected chi connectivity index (χ3v) is 5.37. The molecule has 2 rings (SSSR count). The van der Waals surface area contributed by atoms with Crippen molar-refractivity contribution in [3.05, 3.63) is 30.1 Å². The Kier molecular flexibility index (Phi) is 4.02. The van der Waals surface area contributed by atoms with E-state index in [0.29, 0.717) is 0 Å². The van der Waals surface area contributed by atoms with Gasteiger partial charge >= 0.3 is 0 Å². The second-order valence-corrected chi connectivity index (χ2v) is 6.98. The highest BCUT2D eigenvalue weighted by molar-refractivity contribution is 7.91. The van der Waals surface area contributed by atoms with Crippen molar-refractivity contribution in [2.75, 3.05) is 5.75 Å². The van der Waals surface area contributed by atoms with Gasteiger partial charge < -0.3 is 5.73 Å². The minimum absolute atomic E-state index is 0.0240. The molecule has 0 amide bonds. The number of halogens is 1. The fraction of sp³-hybridized carbons (Fsp3) is 0.538. The molecule has 1 aliphatic rings. The van der Waals surface area contributed by atoms with Crippen molar-refractivity contribution < 1.29 is 12.8 Å². The smallest absolute Gasteiger partial charge is 0.180 e. The molecular formula is C13H18FNO2S. The molecule has 100 valence electrons. The Labute approximate surface area is 107 Å². The molecule has 0 aliphatic heterocycles. The Morgan fingerprint density at radius 1 is 1.33 bits per heavy atom. The van der Waals surface area contributed by atoms with E-state index in [1.807, 2.05) is 0 Å². The van der Waals surface area contributed by atoms with E-state index >= 15 is 0 Å². The number of hydrogen-bond acceptors (Lipinski definition) is 3. The molecule has 2 N–H and O–H groups in total. The monoisotopic (exact) mass is 271 g/mol. The van der Waals surface area contributed by atoms with Gasteiger partial charge in [0.1, 0.15) is 5.82 Å². The normalized spacial score (nSPS) is 19.0. The van der Waals surface area contributed by atoms with Crippen molar-refractivity contribution in [2.24, 2.45) is 11.7 Å². The summed E-state index contributed by atoms with van der Waals surface area (Å²) in [6.07, 6.45) is 4.25. The molecule has 3 nitrogen and oxygen atoms in total. The molecule has 5 heteroatoms. The molecular weight excluding hydrogens is 253 g/mol. The van der Waals surface area contributed by atoms with E-state index in [1.54, 1.807) is 0 Å². The minimum Gasteiger partial charge on any atom is -0.327 e. The Hall–Kier alpha value is -0.940. The van der Waals surface area contributed by atoms with Gasteiger partial charge in [0, 0.05) is 6.04 Å². The maximum absolute atomic E-state index is 13.0. The lowest BCUT2D eigenvalue weighted by Gasteiger charge is -2.18. The minimum atomic E-state index is -3.48. The van der Waals surface area contributed by atoms with Gasteiger partial charge in [0.15, 0.2) is 9.84 Å². The van der Waals surface area contributed by atoms with Crippen LogP contribution >= 0.6 is 0 Å². The molecule has 18 heavy (non-hydrogen) atoms. The second kappa shape index (κ2) is 5.36. The highest BCUT2D eigenvalue weighted by atomic mass is 32.2. The van der Waals surface area contributed by atoms with E-state index in [2.05, 4.69) is 0 Å². The van der Waals surface area contributed by atoms with Crippen LogP contribution in [0, 0.1) is 11.7 Å². The van der Waals surface area contributed by atoms with E-state index in [4.69, 9.17) is 5.73 Å². The first kappa shape index (κ1) is 13.5. The fourth-order valence-electron chi connectivity index (χ4n) is 2.53. The predicted molar refractivity (Wildman–Crippen MR) is 68.4 cm³/mol. The number of rotatable bonds is 4. The molecule has 0 saturated heterocycles. The number of nitrogens with two attached hydrogens (primary N) is 1. The largest absolute Gasteiger partial charge is 0.327 e. The average Bonchev–Trinajstić information content (AvgIpc) is 2.82. The van der Waals surface area contributed by atoms with Crippen molar-refractivity contribution in [2.45, 2.75) is 36.6 Å². The molecule has 1 unspecified atom stereocenters. The molecule has 1 fully saturated rings. The van der Waals surface area contributed by atoms with Crippen molar-refractivity contribution in [3.8, 4) is 0 Å². The summed E-state index contributed by atoms with van der Waals surface area (Å²) in [7, 11) is -3.48. The fourth-order valence-corrected chi connectivity index (χ4v) is 4.08. The zero-order valence-electron chi connectivity index (χ0n) is 10.2. The summed E-state index contributed by atoms with van der Waals surface area (Å²) >= 11 is 0. The van der Waals surface area contributed by atoms with Gasteiger partial charge in [-0.3, -0.25) is 0 Å². The molecule has 1 saturated carbocycles. The summed E-state index contributed by atoms with van der Waals surface area (Å²) < 4.78 is 37.2. The Morgan fingerprint density at radius 3 is 2.61 bits per heavy atom. The van der Waals surface area contributed by atoms with E-state index in [9.17, 15) is 12.8 Å². The summed E-state index contributed by atoms with van der Waals surface area (Å²) in [6.45, 7) is 0. The van der Waals surface area contributed by atoms with E-state index < -0.39 is 15.7 Å². The van der Waals surface area contributed by atoms with Gasteiger partial charge in [0.2, 0.25) is 0 Å². The third kappa shape index (κ3) is 3.09. The molecule has 0 aromatic heterocycles. The van der Waals surface area contributed by atoms with Gasteiger partial charge in [-0.25, -0.2) is 12.8 Å². The lowest BCUT2D eigenvalue weighted by Crippen LogP contribution is -2.35. The van der Waals surface area contributed by atoms with Crippen LogP contribution in [0.5, 0.6) is 0 Å². The van der Waals surface area contributed by atoms with E-state index in [-0.39, 0.29) is 22.6 Å². The van der Waals surface area contributed by atoms with Gasteiger partial charge in [-0.15, -0.1) is 0 Å². The van der Waals surface area contributed by atoms with Crippen LogP contribution in [0.4, 0.5) is 4.39 Å². The molecule has 1 aliphatic carbocycles. The first-order valence-corrected chi connectivity index (χ1v) is 7.88. The van der Waals surface area contributed by atoms with Crippen molar-refractivity contribution in [1.29, 1.82) is 0 Å². The molecule has 1 aromatic carbocycles. The summed E-state index contributed by atoms with van der Waals surface area (Å²) in [6, 6.07) is 4.76. The Balaban J connectivity index is 2.11. The van der Waals surface area contributed by atoms with Gasteiger partial charge in [0.05, 0.1) is 10.6 Å². The van der Waals surface area contributed by atoms with Crippen LogP contribution in [0.25, 0.3) is 0 Å². The zero-order valence-corrected chi connectivity index (χ0v) is 11.0. The second-order valence-electron chi connectivity index (χ2n) is 4.95. The van der Waals surface area contributed by atoms with Crippen LogP contribution in [0.3, 0.4) is 0 Å². The number of hydrogen-bond donors (Lipinski definition) is 1. The van der Waals surface area contributed by atoms with Crippen molar-refractivity contribution in [1.82, 2.24) is 0 Å². The molecule has 0 spiro atoms. The number of sulfone groups is 1. The standard InChI is InChI=1S/C13H18FNO2S/c14-11-6-3-7-12(8-11)18(16,17)9-13(15)10-4-1-2-5-10/h3,6-8,10,13H,1-2,4-5,9,15H2. The summed E-state index contributed by atoms with van der Waals surface area (Å²) in [5.74, 6) is -0.347. The van der Waals surface area contributed by atoms with Crippen LogP contribution in [-0.2, 0) is 9.84 Å².